The minimum atomic E-state index is -2.91. The van der Waals surface area contributed by atoms with Crippen LogP contribution in [-0.2, 0) is 11.3 Å². The van der Waals surface area contributed by atoms with Crippen LogP contribution in [0.3, 0.4) is 0 Å². The Hall–Kier alpha value is -2.06. The molecule has 0 saturated carbocycles. The first-order valence-electron chi connectivity index (χ1n) is 9.22. The van der Waals surface area contributed by atoms with Gasteiger partial charge in [0.2, 0.25) is 11.7 Å². The fourth-order valence-corrected chi connectivity index (χ4v) is 3.03. The molecule has 27 heavy (non-hydrogen) atoms. The van der Waals surface area contributed by atoms with Crippen LogP contribution in [0.4, 0.5) is 8.78 Å². The number of para-hydroxylation sites is 1. The van der Waals surface area contributed by atoms with Gasteiger partial charge in [0.25, 0.3) is 0 Å². The van der Waals surface area contributed by atoms with Crippen molar-refractivity contribution in [1.29, 1.82) is 0 Å². The van der Waals surface area contributed by atoms with Gasteiger partial charge in [-0.2, -0.15) is 13.8 Å². The number of benzene rings is 1. The first-order chi connectivity index (χ1) is 13.0. The second-order valence-electron chi connectivity index (χ2n) is 7.09. The number of rotatable bonds is 8. The van der Waals surface area contributed by atoms with E-state index in [4.69, 9.17) is 9.26 Å². The van der Waals surface area contributed by atoms with Crippen LogP contribution >= 0.6 is 0 Å². The van der Waals surface area contributed by atoms with Crippen molar-refractivity contribution in [2.24, 2.45) is 5.92 Å². The normalized spacial score (nSPS) is 16.4. The Balaban J connectivity index is 1.57. The van der Waals surface area contributed by atoms with Gasteiger partial charge < -0.3 is 14.0 Å². The largest absolute Gasteiger partial charge is 0.434 e. The first-order valence-corrected chi connectivity index (χ1v) is 9.22. The molecule has 1 aromatic carbocycles. The summed E-state index contributed by atoms with van der Waals surface area (Å²) in [5.41, 5.74) is 0.383. The molecule has 148 valence electrons. The van der Waals surface area contributed by atoms with Crippen LogP contribution in [0.15, 0.2) is 28.8 Å². The predicted molar refractivity (Wildman–Crippen MR) is 95.5 cm³/mol. The van der Waals surface area contributed by atoms with Crippen molar-refractivity contribution in [2.45, 2.75) is 45.9 Å². The van der Waals surface area contributed by atoms with E-state index in [1.165, 1.54) is 6.07 Å². The number of nitrogens with zero attached hydrogens (tertiary/aromatic N) is 3. The highest BCUT2D eigenvalue weighted by atomic mass is 19.3. The van der Waals surface area contributed by atoms with Gasteiger partial charge >= 0.3 is 6.61 Å². The summed E-state index contributed by atoms with van der Waals surface area (Å²) in [5, 5.41) is 3.92. The topological polar surface area (TPSA) is 60.6 Å². The first kappa shape index (κ1) is 19.7. The number of aromatic nitrogens is 2. The van der Waals surface area contributed by atoms with E-state index >= 15 is 0 Å². The molecule has 0 unspecified atom stereocenters. The van der Waals surface area contributed by atoms with Gasteiger partial charge in [-0.25, -0.2) is 0 Å². The molecule has 0 spiro atoms. The Labute approximate surface area is 157 Å². The molecule has 8 heteroatoms. The van der Waals surface area contributed by atoms with Gasteiger partial charge in [-0.15, -0.1) is 0 Å². The third kappa shape index (κ3) is 5.71. The molecular formula is C19H25F2N3O3. The van der Waals surface area contributed by atoms with Gasteiger partial charge in [-0.1, -0.05) is 31.1 Å². The molecule has 1 fully saturated rings. The molecule has 2 aromatic rings. The maximum atomic E-state index is 12.6. The Morgan fingerprint density at radius 1 is 1.22 bits per heavy atom. The van der Waals surface area contributed by atoms with E-state index in [1.807, 2.05) is 0 Å². The molecule has 0 N–H and O–H groups in total. The Morgan fingerprint density at radius 3 is 2.67 bits per heavy atom. The summed E-state index contributed by atoms with van der Waals surface area (Å²) < 4.78 is 40.9. The summed E-state index contributed by atoms with van der Waals surface area (Å²) in [6.07, 6.45) is 2.25. The summed E-state index contributed by atoms with van der Waals surface area (Å²) in [6.45, 7) is 4.49. The predicted octanol–water partition coefficient (Wildman–Crippen LogP) is 3.98. The lowest BCUT2D eigenvalue weighted by atomic mass is 10.1. The van der Waals surface area contributed by atoms with Crippen LogP contribution in [-0.4, -0.2) is 47.5 Å². The lowest BCUT2D eigenvalue weighted by Gasteiger charge is -2.31. The molecule has 0 bridgehead atoms. The number of hydrogen-bond acceptors (Lipinski definition) is 6. The molecule has 2 heterocycles. The van der Waals surface area contributed by atoms with Gasteiger partial charge in [0.1, 0.15) is 5.75 Å². The third-order valence-electron chi connectivity index (χ3n) is 4.37. The van der Waals surface area contributed by atoms with E-state index in [9.17, 15) is 8.78 Å². The van der Waals surface area contributed by atoms with Crippen LogP contribution in [0, 0.1) is 5.92 Å². The van der Waals surface area contributed by atoms with Crippen molar-refractivity contribution in [1.82, 2.24) is 15.0 Å². The van der Waals surface area contributed by atoms with Crippen LogP contribution in [0.2, 0.25) is 0 Å². The minimum Gasteiger partial charge on any atom is -0.434 e. The van der Waals surface area contributed by atoms with Crippen LogP contribution < -0.4 is 4.74 Å². The van der Waals surface area contributed by atoms with E-state index in [2.05, 4.69) is 33.6 Å². The molecule has 1 aromatic heterocycles. The average Bonchev–Trinajstić information content (AvgIpc) is 3.09. The highest BCUT2D eigenvalue weighted by molar-refractivity contribution is 5.63. The fraction of sp³-hybridized carbons (Fsp3) is 0.579. The van der Waals surface area contributed by atoms with E-state index in [1.54, 1.807) is 18.2 Å². The zero-order valence-corrected chi connectivity index (χ0v) is 15.6. The number of ether oxygens (including phenoxy) is 2. The van der Waals surface area contributed by atoms with E-state index in [0.29, 0.717) is 30.0 Å². The van der Waals surface area contributed by atoms with Crippen LogP contribution in [0.1, 0.15) is 32.6 Å². The fourth-order valence-electron chi connectivity index (χ4n) is 3.03. The number of halogens is 2. The lowest BCUT2D eigenvalue weighted by Crippen LogP contribution is -2.37. The maximum Gasteiger partial charge on any atom is 0.387 e. The van der Waals surface area contributed by atoms with Gasteiger partial charge in [0, 0.05) is 19.7 Å². The van der Waals surface area contributed by atoms with E-state index in [-0.39, 0.29) is 11.6 Å². The zero-order valence-electron chi connectivity index (χ0n) is 15.6. The molecule has 0 aliphatic carbocycles. The maximum absolute atomic E-state index is 12.6. The molecule has 0 radical (unpaired) electrons. The molecular weight excluding hydrogens is 356 g/mol. The molecule has 0 atom stereocenters. The Bertz CT molecular complexity index is 716. The summed E-state index contributed by atoms with van der Waals surface area (Å²) in [6, 6.07) is 6.42. The highest BCUT2D eigenvalue weighted by Crippen LogP contribution is 2.29. The van der Waals surface area contributed by atoms with Crippen molar-refractivity contribution < 1.29 is 22.8 Å². The Kier molecular flexibility index (Phi) is 6.73. The third-order valence-corrected chi connectivity index (χ3v) is 4.37. The number of alkyl halides is 2. The van der Waals surface area contributed by atoms with Crippen molar-refractivity contribution >= 4 is 0 Å². The number of hydrogen-bond donors (Lipinski definition) is 0. The van der Waals surface area contributed by atoms with Crippen molar-refractivity contribution in [3.63, 3.8) is 0 Å². The standard InChI is InChI=1S/C19H25F2N3O3/c1-13(2)12-25-14-7-9-24(10-8-14)11-17-22-18(23-27-17)15-5-3-4-6-16(15)26-19(20)21/h3-6,13-14,19H,7-12H2,1-2H3. The van der Waals surface area contributed by atoms with Gasteiger partial charge in [0.15, 0.2) is 0 Å². The molecule has 1 aliphatic heterocycles. The second kappa shape index (κ2) is 9.23. The zero-order chi connectivity index (χ0) is 19.2. The van der Waals surface area contributed by atoms with Gasteiger partial charge in [-0.3, -0.25) is 4.90 Å². The van der Waals surface area contributed by atoms with Crippen LogP contribution in [0.5, 0.6) is 5.75 Å². The quantitative estimate of drug-likeness (QED) is 0.689. The van der Waals surface area contributed by atoms with Crippen molar-refractivity contribution in [3.05, 3.63) is 30.2 Å². The van der Waals surface area contributed by atoms with E-state index < -0.39 is 6.61 Å². The Morgan fingerprint density at radius 2 is 1.96 bits per heavy atom. The van der Waals surface area contributed by atoms with Gasteiger partial charge in [0.05, 0.1) is 18.2 Å². The van der Waals surface area contributed by atoms with Crippen LogP contribution in [0.25, 0.3) is 11.4 Å². The second-order valence-corrected chi connectivity index (χ2v) is 7.09. The number of likely N-dealkylation sites (tertiary alicyclic amines) is 1. The summed E-state index contributed by atoms with van der Waals surface area (Å²) in [4.78, 5) is 6.58. The van der Waals surface area contributed by atoms with Crippen molar-refractivity contribution in [2.75, 3.05) is 19.7 Å². The molecule has 6 nitrogen and oxygen atoms in total. The number of piperidine rings is 1. The SMILES string of the molecule is CC(C)COC1CCN(Cc2nc(-c3ccccc3OC(F)F)no2)CC1. The average molecular weight is 381 g/mol. The minimum absolute atomic E-state index is 0.0305. The molecule has 0 amide bonds. The highest BCUT2D eigenvalue weighted by Gasteiger charge is 2.22. The summed E-state index contributed by atoms with van der Waals surface area (Å²) in [7, 11) is 0. The van der Waals surface area contributed by atoms with Gasteiger partial charge in [-0.05, 0) is 30.9 Å². The molecule has 3 rings (SSSR count). The molecule has 1 saturated heterocycles. The smallest absolute Gasteiger partial charge is 0.387 e. The lowest BCUT2D eigenvalue weighted by molar-refractivity contribution is -0.0494. The van der Waals surface area contributed by atoms with Crippen molar-refractivity contribution in [3.8, 4) is 17.1 Å². The summed E-state index contributed by atoms with van der Waals surface area (Å²) >= 11 is 0. The molecule has 1 aliphatic rings. The summed E-state index contributed by atoms with van der Waals surface area (Å²) in [5.74, 6) is 1.27. The monoisotopic (exact) mass is 381 g/mol. The van der Waals surface area contributed by atoms with E-state index in [0.717, 1.165) is 32.5 Å².